The van der Waals surface area contributed by atoms with Crippen molar-refractivity contribution in [1.82, 2.24) is 10.6 Å². The number of hydrogen-bond acceptors (Lipinski definition) is 2. The van der Waals surface area contributed by atoms with Crippen LogP contribution in [0.25, 0.3) is 0 Å². The highest BCUT2D eigenvalue weighted by molar-refractivity contribution is 5.79. The van der Waals surface area contributed by atoms with Crippen molar-refractivity contribution < 1.29 is 18.3 Å². The molecule has 1 atom stereocenters. The summed E-state index contributed by atoms with van der Waals surface area (Å²) < 4.78 is 38.4. The van der Waals surface area contributed by atoms with Gasteiger partial charge in [0, 0.05) is 19.5 Å². The van der Waals surface area contributed by atoms with Crippen LogP contribution in [0, 0.1) is 0 Å². The van der Waals surface area contributed by atoms with Crippen molar-refractivity contribution in [3.05, 3.63) is 71.3 Å². The number of hydrogen-bond donors (Lipinski definition) is 3. The number of benzene rings is 2. The summed E-state index contributed by atoms with van der Waals surface area (Å²) >= 11 is 0. The third kappa shape index (κ3) is 7.30. The Bertz CT molecular complexity index is 733. The number of aliphatic hydroxyl groups is 1. The average Bonchev–Trinajstić information content (AvgIpc) is 2.64. The van der Waals surface area contributed by atoms with E-state index in [4.69, 9.17) is 0 Å². The number of alkyl halides is 3. The summed E-state index contributed by atoms with van der Waals surface area (Å²) in [4.78, 5) is 4.30. The van der Waals surface area contributed by atoms with Gasteiger partial charge in [-0.05, 0) is 30.2 Å². The third-order valence-corrected chi connectivity index (χ3v) is 3.84. The molecule has 0 bridgehead atoms. The van der Waals surface area contributed by atoms with Gasteiger partial charge in [-0.15, -0.1) is 0 Å². The number of rotatable bonds is 7. The molecule has 27 heavy (non-hydrogen) atoms. The highest BCUT2D eigenvalue weighted by atomic mass is 19.4. The number of aliphatic imine (C=N–C) groups is 1. The Kier molecular flexibility index (Phi) is 7.67. The smallest absolute Gasteiger partial charge is 0.391 e. The van der Waals surface area contributed by atoms with Gasteiger partial charge in [0.2, 0.25) is 0 Å². The van der Waals surface area contributed by atoms with Crippen molar-refractivity contribution in [3.63, 3.8) is 0 Å². The van der Waals surface area contributed by atoms with Crippen LogP contribution in [0.2, 0.25) is 0 Å². The summed E-state index contributed by atoms with van der Waals surface area (Å²) in [6.45, 7) is 2.88. The molecule has 0 spiro atoms. The van der Waals surface area contributed by atoms with Crippen LogP contribution in [0.5, 0.6) is 0 Å². The first-order chi connectivity index (χ1) is 12.9. The van der Waals surface area contributed by atoms with Crippen LogP contribution in [0.3, 0.4) is 0 Å². The maximum absolute atomic E-state index is 12.8. The fraction of sp³-hybridized carbons (Fsp3) is 0.350. The normalized spacial score (nSPS) is 13.3. The van der Waals surface area contributed by atoms with Crippen molar-refractivity contribution in [2.24, 2.45) is 4.99 Å². The lowest BCUT2D eigenvalue weighted by molar-refractivity contribution is -0.137. The summed E-state index contributed by atoms with van der Waals surface area (Å²) in [5.41, 5.74) is 0.802. The van der Waals surface area contributed by atoms with Gasteiger partial charge in [0.15, 0.2) is 5.96 Å². The Morgan fingerprint density at radius 3 is 2.41 bits per heavy atom. The highest BCUT2D eigenvalue weighted by Crippen LogP contribution is 2.29. The zero-order valence-electron chi connectivity index (χ0n) is 15.1. The Balaban J connectivity index is 1.94. The monoisotopic (exact) mass is 379 g/mol. The minimum absolute atomic E-state index is 0.105. The van der Waals surface area contributed by atoms with Crippen LogP contribution >= 0.6 is 0 Å². The molecule has 0 aliphatic heterocycles. The first-order valence-corrected chi connectivity index (χ1v) is 8.78. The van der Waals surface area contributed by atoms with E-state index in [1.54, 1.807) is 6.07 Å². The van der Waals surface area contributed by atoms with Crippen molar-refractivity contribution in [1.29, 1.82) is 0 Å². The molecule has 0 radical (unpaired) electrons. The van der Waals surface area contributed by atoms with Gasteiger partial charge in [-0.1, -0.05) is 42.5 Å². The Morgan fingerprint density at radius 2 is 1.74 bits per heavy atom. The molecule has 146 valence electrons. The molecule has 0 aromatic heterocycles. The van der Waals surface area contributed by atoms with Crippen molar-refractivity contribution >= 4 is 5.96 Å². The molecule has 0 fully saturated rings. The second-order valence-corrected chi connectivity index (χ2v) is 6.12. The first-order valence-electron chi connectivity index (χ1n) is 8.78. The van der Waals surface area contributed by atoms with E-state index in [1.807, 2.05) is 37.3 Å². The second-order valence-electron chi connectivity index (χ2n) is 6.12. The van der Waals surface area contributed by atoms with E-state index in [9.17, 15) is 18.3 Å². The fourth-order valence-corrected chi connectivity index (χ4v) is 2.53. The number of halogens is 3. The van der Waals surface area contributed by atoms with Crippen LogP contribution in [0.1, 0.15) is 23.6 Å². The molecule has 1 unspecified atom stereocenters. The van der Waals surface area contributed by atoms with Gasteiger partial charge in [-0.25, -0.2) is 4.99 Å². The van der Waals surface area contributed by atoms with Crippen LogP contribution < -0.4 is 10.6 Å². The van der Waals surface area contributed by atoms with Crippen molar-refractivity contribution in [3.8, 4) is 0 Å². The number of nitrogens with zero attached hydrogens (tertiary/aromatic N) is 1. The molecule has 0 amide bonds. The average molecular weight is 379 g/mol. The van der Waals surface area contributed by atoms with Gasteiger partial charge in [0.05, 0.1) is 18.2 Å². The summed E-state index contributed by atoms with van der Waals surface area (Å²) in [5.74, 6) is 0.446. The number of nitrogens with one attached hydrogen (secondary N) is 2. The van der Waals surface area contributed by atoms with Crippen molar-refractivity contribution in [2.45, 2.75) is 32.2 Å². The highest BCUT2D eigenvalue weighted by Gasteiger charge is 2.30. The van der Waals surface area contributed by atoms with Gasteiger partial charge < -0.3 is 15.7 Å². The number of guanidine groups is 1. The fourth-order valence-electron chi connectivity index (χ4n) is 2.53. The molecule has 0 saturated heterocycles. The lowest BCUT2D eigenvalue weighted by Crippen LogP contribution is -2.41. The lowest BCUT2D eigenvalue weighted by atomic mass is 10.1. The first kappa shape index (κ1) is 20.8. The topological polar surface area (TPSA) is 56.7 Å². The molecule has 7 heteroatoms. The van der Waals surface area contributed by atoms with E-state index in [1.165, 1.54) is 6.07 Å². The Labute approximate surface area is 157 Å². The van der Waals surface area contributed by atoms with Gasteiger partial charge >= 0.3 is 6.18 Å². The minimum Gasteiger partial charge on any atom is -0.391 e. The summed E-state index contributed by atoms with van der Waals surface area (Å²) in [6.07, 6.45) is -4.48. The molecule has 0 aliphatic carbocycles. The van der Waals surface area contributed by atoms with Crippen LogP contribution in [0.15, 0.2) is 59.6 Å². The largest absolute Gasteiger partial charge is 0.416 e. The van der Waals surface area contributed by atoms with Crippen molar-refractivity contribution in [2.75, 3.05) is 13.1 Å². The molecular weight excluding hydrogens is 355 g/mol. The molecule has 2 rings (SSSR count). The summed E-state index contributed by atoms with van der Waals surface area (Å²) in [7, 11) is 0. The number of aliphatic hydroxyl groups excluding tert-OH is 1. The van der Waals surface area contributed by atoms with Gasteiger partial charge in [-0.2, -0.15) is 13.2 Å². The maximum Gasteiger partial charge on any atom is 0.416 e. The van der Waals surface area contributed by atoms with Crippen LogP contribution in [0.4, 0.5) is 13.2 Å². The molecule has 2 aromatic rings. The van der Waals surface area contributed by atoms with Gasteiger partial charge in [0.25, 0.3) is 0 Å². The molecule has 4 nitrogen and oxygen atoms in total. The summed E-state index contributed by atoms with van der Waals surface area (Å²) in [6, 6.07) is 14.7. The van der Waals surface area contributed by atoms with E-state index in [2.05, 4.69) is 15.6 Å². The predicted molar refractivity (Wildman–Crippen MR) is 100 cm³/mol. The second kappa shape index (κ2) is 9.97. The quantitative estimate of drug-likeness (QED) is 0.511. The Hall–Kier alpha value is -2.54. The lowest BCUT2D eigenvalue weighted by Gasteiger charge is -2.15. The van der Waals surface area contributed by atoms with E-state index in [0.29, 0.717) is 24.5 Å². The molecular formula is C20H24F3N3O. The molecule has 2 aromatic carbocycles. The van der Waals surface area contributed by atoms with E-state index in [-0.39, 0.29) is 13.1 Å². The maximum atomic E-state index is 12.8. The SMILES string of the molecule is CCNC(=NCc1cccc(C(F)(F)F)c1)NCC(O)Cc1ccccc1. The molecule has 3 N–H and O–H groups in total. The van der Waals surface area contributed by atoms with Gasteiger partial charge in [0.1, 0.15) is 0 Å². The Morgan fingerprint density at radius 1 is 1.04 bits per heavy atom. The standard InChI is InChI=1S/C20H24F3N3O/c1-2-24-19(26-14-18(27)12-15-7-4-3-5-8-15)25-13-16-9-6-10-17(11-16)20(21,22)23/h3-11,18,27H,2,12-14H2,1H3,(H2,24,25,26). The predicted octanol–water partition coefficient (Wildman–Crippen LogP) is 3.36. The van der Waals surface area contributed by atoms with E-state index in [0.717, 1.165) is 17.7 Å². The van der Waals surface area contributed by atoms with Gasteiger partial charge in [-0.3, -0.25) is 0 Å². The zero-order valence-corrected chi connectivity index (χ0v) is 15.1. The molecule has 0 aliphatic rings. The van der Waals surface area contributed by atoms with E-state index < -0.39 is 17.8 Å². The van der Waals surface area contributed by atoms with Crippen LogP contribution in [-0.4, -0.2) is 30.3 Å². The third-order valence-electron chi connectivity index (χ3n) is 3.84. The zero-order chi connectivity index (χ0) is 19.7. The summed E-state index contributed by atoms with van der Waals surface area (Å²) in [5, 5.41) is 16.2. The minimum atomic E-state index is -4.37. The molecule has 0 saturated carbocycles. The van der Waals surface area contributed by atoms with E-state index >= 15 is 0 Å². The van der Waals surface area contributed by atoms with Crippen LogP contribution in [-0.2, 0) is 19.1 Å². The molecule has 0 heterocycles.